The van der Waals surface area contributed by atoms with Crippen molar-refractivity contribution in [1.82, 2.24) is 10.3 Å². The van der Waals surface area contributed by atoms with E-state index >= 15 is 0 Å². The minimum absolute atomic E-state index is 0.108. The molecule has 1 rings (SSSR count). The number of nitrogens with one attached hydrogen (secondary N) is 1. The number of hydrogen-bond donors (Lipinski definition) is 4. The van der Waals surface area contributed by atoms with Gasteiger partial charge in [-0.3, -0.25) is 0 Å². The van der Waals surface area contributed by atoms with Crippen molar-refractivity contribution >= 4 is 34.6 Å². The van der Waals surface area contributed by atoms with Crippen molar-refractivity contribution in [2.45, 2.75) is 26.1 Å². The average Bonchev–Trinajstić information content (AvgIpc) is 2.42. The van der Waals surface area contributed by atoms with E-state index in [-0.39, 0.29) is 12.3 Å². The Kier molecular flexibility index (Phi) is 6.83. The van der Waals surface area contributed by atoms with Crippen LogP contribution in [-0.2, 0) is 27.0 Å². The summed E-state index contributed by atoms with van der Waals surface area (Å²) in [6, 6.07) is -0.548. The van der Waals surface area contributed by atoms with Crippen molar-refractivity contribution in [1.29, 1.82) is 0 Å². The summed E-state index contributed by atoms with van der Waals surface area (Å²) in [6.45, 7) is 1.29. The van der Waals surface area contributed by atoms with Crippen molar-refractivity contribution in [3.8, 4) is 5.75 Å². The Morgan fingerprint density at radius 3 is 2.76 bits per heavy atom. The molecule has 10 heteroatoms. The van der Waals surface area contributed by atoms with Crippen LogP contribution in [0.15, 0.2) is 6.20 Å². The van der Waals surface area contributed by atoms with Gasteiger partial charge >= 0.3 is 129 Å². The van der Waals surface area contributed by atoms with Gasteiger partial charge in [0.15, 0.2) is 0 Å². The topological polar surface area (TPSA) is 129 Å². The second-order valence-corrected chi connectivity index (χ2v) is 5.95. The Hall–Kier alpha value is -0.921. The van der Waals surface area contributed by atoms with Crippen LogP contribution in [0.2, 0.25) is 0 Å². The zero-order valence-corrected chi connectivity index (χ0v) is 13.7. The van der Waals surface area contributed by atoms with Gasteiger partial charge in [0.1, 0.15) is 0 Å². The molecule has 116 valence electrons. The van der Waals surface area contributed by atoms with Crippen LogP contribution < -0.4 is 5.32 Å². The maximum atomic E-state index is 10.7. The fourth-order valence-corrected chi connectivity index (χ4v) is 2.15. The van der Waals surface area contributed by atoms with Crippen LogP contribution in [0.25, 0.3) is 0 Å². The monoisotopic (exact) mass is 382 g/mol. The first-order valence-electron chi connectivity index (χ1n) is 5.79. The van der Waals surface area contributed by atoms with Crippen LogP contribution in [0.5, 0.6) is 5.75 Å². The zero-order chi connectivity index (χ0) is 16.0. The number of rotatable bonds is 8. The number of aldehydes is 1. The van der Waals surface area contributed by atoms with E-state index < -0.39 is 20.5 Å². The number of nitrogens with zero attached hydrogens (tertiary/aromatic N) is 1. The van der Waals surface area contributed by atoms with E-state index in [1.807, 2.05) is 0 Å². The van der Waals surface area contributed by atoms with Gasteiger partial charge in [-0.1, -0.05) is 0 Å². The van der Waals surface area contributed by atoms with Crippen molar-refractivity contribution in [2.75, 3.05) is 0 Å². The van der Waals surface area contributed by atoms with Gasteiger partial charge in [-0.2, -0.15) is 0 Å². The molecular weight excluding hydrogens is 366 g/mol. The SMILES string of the molecule is Cc1ncc(COP(=O)(O)O)c(CN[C@H](C=O)C=[Se])c1O. The third-order valence-corrected chi connectivity index (χ3v) is 3.71. The number of hydrogen-bond acceptors (Lipinski definition) is 6. The molecule has 0 saturated heterocycles. The molecule has 1 atom stereocenters. The number of phosphoric acid groups is 1. The summed E-state index contributed by atoms with van der Waals surface area (Å²) >= 11 is 2.59. The Morgan fingerprint density at radius 2 is 2.24 bits per heavy atom. The first kappa shape index (κ1) is 18.1. The number of phosphoric ester groups is 1. The van der Waals surface area contributed by atoms with Crippen molar-refractivity contribution in [3.63, 3.8) is 0 Å². The summed E-state index contributed by atoms with van der Waals surface area (Å²) in [5, 5.41) is 12.9. The zero-order valence-electron chi connectivity index (χ0n) is 11.1. The number of aryl methyl sites for hydroxylation is 1. The molecule has 8 nitrogen and oxygen atoms in total. The van der Waals surface area contributed by atoms with Crippen LogP contribution >= 0.6 is 7.82 Å². The molecule has 0 aromatic carbocycles. The predicted octanol–water partition coefficient (Wildman–Crippen LogP) is -0.667. The molecule has 0 amide bonds. The third kappa shape index (κ3) is 5.76. The van der Waals surface area contributed by atoms with Crippen LogP contribution in [0.3, 0.4) is 0 Å². The van der Waals surface area contributed by atoms with E-state index in [1.54, 1.807) is 6.92 Å². The van der Waals surface area contributed by atoms with E-state index in [0.717, 1.165) is 0 Å². The molecular formula is C11H15N2O6PSe. The molecule has 4 N–H and O–H groups in total. The minimum atomic E-state index is -4.62. The van der Waals surface area contributed by atoms with E-state index in [0.29, 0.717) is 23.1 Å². The van der Waals surface area contributed by atoms with Gasteiger partial charge in [0.2, 0.25) is 0 Å². The van der Waals surface area contributed by atoms with Gasteiger partial charge in [0.25, 0.3) is 0 Å². The molecule has 0 saturated carbocycles. The quantitative estimate of drug-likeness (QED) is 0.265. The summed E-state index contributed by atoms with van der Waals surface area (Å²) in [7, 11) is -4.62. The fourth-order valence-electron chi connectivity index (χ4n) is 1.51. The van der Waals surface area contributed by atoms with Crippen LogP contribution in [-0.4, -0.2) is 52.7 Å². The third-order valence-electron chi connectivity index (χ3n) is 2.63. The average molecular weight is 381 g/mol. The molecule has 1 aromatic heterocycles. The molecule has 0 unspecified atom stereocenters. The van der Waals surface area contributed by atoms with Crippen LogP contribution in [0.1, 0.15) is 16.8 Å². The van der Waals surface area contributed by atoms with Crippen LogP contribution in [0.4, 0.5) is 0 Å². The second-order valence-electron chi connectivity index (χ2n) is 4.14. The number of aromatic nitrogens is 1. The number of pyridine rings is 1. The molecule has 0 aliphatic heterocycles. The number of aromatic hydroxyl groups is 1. The van der Waals surface area contributed by atoms with Crippen LogP contribution in [0, 0.1) is 6.92 Å². The Balaban J connectivity index is 2.97. The Morgan fingerprint density at radius 1 is 1.57 bits per heavy atom. The maximum absolute atomic E-state index is 10.7. The van der Waals surface area contributed by atoms with E-state index in [9.17, 15) is 14.5 Å². The molecule has 1 aromatic rings. The Labute approximate surface area is 129 Å². The molecule has 0 bridgehead atoms. The standard InChI is InChI=1S/C11H15N2O6PSe/c1-7-11(15)10(3-13-9(4-14)6-21)8(2-12-7)5-19-20(16,17)18/h2,4,6,9,13,15H,3,5H2,1H3,(H2,16,17,18)/t9-/m1/s1. The second kappa shape index (κ2) is 7.91. The normalized spacial score (nSPS) is 12.9. The van der Waals surface area contributed by atoms with Gasteiger partial charge < -0.3 is 0 Å². The van der Waals surface area contributed by atoms with Gasteiger partial charge in [0.05, 0.1) is 0 Å². The first-order chi connectivity index (χ1) is 9.78. The van der Waals surface area contributed by atoms with E-state index in [1.165, 1.54) is 11.1 Å². The summed E-state index contributed by atoms with van der Waals surface area (Å²) in [6.07, 6.45) is 2.03. The summed E-state index contributed by atoms with van der Waals surface area (Å²) < 4.78 is 15.2. The summed E-state index contributed by atoms with van der Waals surface area (Å²) in [5.41, 5.74) is 1.05. The van der Waals surface area contributed by atoms with E-state index in [4.69, 9.17) is 9.79 Å². The van der Waals surface area contributed by atoms with Gasteiger partial charge in [-0.05, 0) is 0 Å². The molecule has 0 spiro atoms. The fraction of sp³-hybridized carbons (Fsp3) is 0.364. The molecule has 0 radical (unpaired) electrons. The predicted molar refractivity (Wildman–Crippen MR) is 76.0 cm³/mol. The van der Waals surface area contributed by atoms with Crippen molar-refractivity contribution in [2.24, 2.45) is 0 Å². The molecule has 0 aliphatic carbocycles. The van der Waals surface area contributed by atoms with Crippen molar-refractivity contribution < 1.29 is 28.8 Å². The summed E-state index contributed by atoms with van der Waals surface area (Å²) in [4.78, 5) is 33.6. The van der Waals surface area contributed by atoms with Gasteiger partial charge in [-0.25, -0.2) is 0 Å². The number of carbonyl (C=O) groups is 1. The van der Waals surface area contributed by atoms with Gasteiger partial charge in [-0.15, -0.1) is 0 Å². The summed E-state index contributed by atoms with van der Waals surface area (Å²) in [5.74, 6) is -0.112. The molecule has 1 heterocycles. The molecule has 21 heavy (non-hydrogen) atoms. The molecule has 0 aliphatic rings. The van der Waals surface area contributed by atoms with E-state index in [2.05, 4.69) is 30.4 Å². The number of carbonyl (C=O) groups excluding carboxylic acids is 1. The van der Waals surface area contributed by atoms with Gasteiger partial charge in [0, 0.05) is 0 Å². The Bertz CT molecular complexity index is 568. The first-order valence-corrected chi connectivity index (χ1v) is 8.30. The molecule has 0 fully saturated rings. The van der Waals surface area contributed by atoms with Crippen molar-refractivity contribution in [3.05, 3.63) is 23.0 Å².